The molecule has 0 spiro atoms. The summed E-state index contributed by atoms with van der Waals surface area (Å²) in [5.74, 6) is -0.393. The van der Waals surface area contributed by atoms with Gasteiger partial charge in [-0.05, 0) is 26.7 Å². The van der Waals surface area contributed by atoms with Crippen molar-refractivity contribution in [2.45, 2.75) is 40.5 Å². The van der Waals surface area contributed by atoms with E-state index in [0.717, 1.165) is 18.4 Å². The largest absolute Gasteiger partial charge is 0.462 e. The number of nitrogens with zero attached hydrogens (tertiary/aromatic N) is 3. The number of carbonyl (C=O) groups is 2. The summed E-state index contributed by atoms with van der Waals surface area (Å²) in [6, 6.07) is 9.33. The number of hydrogen-bond donors (Lipinski definition) is 0. The maximum atomic E-state index is 13.2. The first-order valence-electron chi connectivity index (χ1n) is 9.43. The number of aromatic nitrogens is 2. The zero-order chi connectivity index (χ0) is 19.8. The van der Waals surface area contributed by atoms with E-state index in [-0.39, 0.29) is 23.8 Å². The molecule has 6 heteroatoms. The average molecular weight is 369 g/mol. The van der Waals surface area contributed by atoms with Gasteiger partial charge in [0.05, 0.1) is 12.3 Å². The van der Waals surface area contributed by atoms with Crippen molar-refractivity contribution >= 4 is 11.9 Å². The van der Waals surface area contributed by atoms with E-state index in [4.69, 9.17) is 4.74 Å². The van der Waals surface area contributed by atoms with Gasteiger partial charge in [0.15, 0.2) is 0 Å². The Morgan fingerprint density at radius 2 is 1.63 bits per heavy atom. The highest BCUT2D eigenvalue weighted by molar-refractivity contribution is 6.07. The molecule has 0 saturated carbocycles. The van der Waals surface area contributed by atoms with Crippen molar-refractivity contribution in [3.63, 3.8) is 0 Å². The minimum absolute atomic E-state index is 0.113. The Morgan fingerprint density at radius 1 is 1.00 bits per heavy atom. The first kappa shape index (κ1) is 20.6. The number of ether oxygens (including phenoxy) is 1. The molecule has 144 valence electrons. The van der Waals surface area contributed by atoms with Crippen LogP contribution in [0.4, 0.5) is 0 Å². The van der Waals surface area contributed by atoms with Crippen molar-refractivity contribution in [3.05, 3.63) is 47.4 Å². The van der Waals surface area contributed by atoms with E-state index in [2.05, 4.69) is 9.97 Å². The van der Waals surface area contributed by atoms with Crippen molar-refractivity contribution in [3.8, 4) is 11.3 Å². The second-order valence-corrected chi connectivity index (χ2v) is 6.22. The molecule has 0 N–H and O–H groups in total. The van der Waals surface area contributed by atoms with Gasteiger partial charge < -0.3 is 9.64 Å². The molecule has 0 bridgehead atoms. The van der Waals surface area contributed by atoms with Gasteiger partial charge in [0.25, 0.3) is 5.91 Å². The topological polar surface area (TPSA) is 72.4 Å². The first-order chi connectivity index (χ1) is 13.0. The zero-order valence-corrected chi connectivity index (χ0v) is 16.5. The SMILES string of the molecule is CCCN(CCC)C(=O)c1nc(C)nc(-c2ccccc2)c1C(=O)OCC. The van der Waals surface area contributed by atoms with Gasteiger partial charge in [-0.1, -0.05) is 44.2 Å². The fraction of sp³-hybridized carbons (Fsp3) is 0.429. The van der Waals surface area contributed by atoms with Gasteiger partial charge in [-0.15, -0.1) is 0 Å². The number of aryl methyl sites for hydroxylation is 1. The molecule has 0 aliphatic rings. The van der Waals surface area contributed by atoms with Crippen LogP contribution < -0.4 is 0 Å². The van der Waals surface area contributed by atoms with Gasteiger partial charge in [-0.25, -0.2) is 14.8 Å². The quantitative estimate of drug-likeness (QED) is 0.660. The summed E-state index contributed by atoms with van der Waals surface area (Å²) in [5, 5.41) is 0. The molecule has 0 unspecified atom stereocenters. The van der Waals surface area contributed by atoms with Crippen LogP contribution in [0.3, 0.4) is 0 Å². The standard InChI is InChI=1S/C21H27N3O3/c1-5-13-24(14-6-2)20(25)19-17(21(26)27-7-3)18(22-15(4)23-19)16-11-9-8-10-12-16/h8-12H,5-7,13-14H2,1-4H3. The molecule has 1 amide bonds. The number of carbonyl (C=O) groups excluding carboxylic acids is 2. The summed E-state index contributed by atoms with van der Waals surface area (Å²) >= 11 is 0. The highest BCUT2D eigenvalue weighted by atomic mass is 16.5. The highest BCUT2D eigenvalue weighted by Gasteiger charge is 2.29. The Kier molecular flexibility index (Phi) is 7.46. The number of hydrogen-bond acceptors (Lipinski definition) is 5. The Balaban J connectivity index is 2.67. The summed E-state index contributed by atoms with van der Waals surface area (Å²) in [6.45, 7) is 8.92. The number of rotatable bonds is 8. The van der Waals surface area contributed by atoms with Gasteiger partial charge in [0, 0.05) is 18.7 Å². The molecule has 0 radical (unpaired) electrons. The molecule has 2 rings (SSSR count). The van der Waals surface area contributed by atoms with E-state index < -0.39 is 5.97 Å². The van der Waals surface area contributed by atoms with Crippen LogP contribution in [-0.4, -0.2) is 46.4 Å². The third-order valence-corrected chi connectivity index (χ3v) is 4.02. The molecule has 27 heavy (non-hydrogen) atoms. The summed E-state index contributed by atoms with van der Waals surface area (Å²) in [5.41, 5.74) is 1.42. The monoisotopic (exact) mass is 369 g/mol. The number of amides is 1. The van der Waals surface area contributed by atoms with E-state index in [1.807, 2.05) is 44.2 Å². The second-order valence-electron chi connectivity index (χ2n) is 6.22. The number of esters is 1. The fourth-order valence-electron chi connectivity index (χ4n) is 2.93. The van der Waals surface area contributed by atoms with Gasteiger partial charge in [-0.3, -0.25) is 4.79 Å². The predicted octanol–water partition coefficient (Wildman–Crippen LogP) is 3.89. The van der Waals surface area contributed by atoms with E-state index in [9.17, 15) is 9.59 Å². The van der Waals surface area contributed by atoms with Crippen LogP contribution in [-0.2, 0) is 4.74 Å². The Hall–Kier alpha value is -2.76. The third kappa shape index (κ3) is 4.90. The van der Waals surface area contributed by atoms with Crippen LogP contribution in [0, 0.1) is 6.92 Å². The van der Waals surface area contributed by atoms with E-state index in [1.165, 1.54) is 0 Å². The van der Waals surface area contributed by atoms with Crippen LogP contribution in [0.25, 0.3) is 11.3 Å². The molecule has 0 fully saturated rings. The summed E-state index contributed by atoms with van der Waals surface area (Å²) < 4.78 is 5.23. The minimum atomic E-state index is -0.576. The summed E-state index contributed by atoms with van der Waals surface area (Å²) in [6.07, 6.45) is 1.66. The van der Waals surface area contributed by atoms with Crippen molar-refractivity contribution < 1.29 is 14.3 Å². The molecule has 0 saturated heterocycles. The molecular formula is C21H27N3O3. The smallest absolute Gasteiger partial charge is 0.342 e. The van der Waals surface area contributed by atoms with Gasteiger partial charge >= 0.3 is 5.97 Å². The van der Waals surface area contributed by atoms with Gasteiger partial charge in [0.2, 0.25) is 0 Å². The second kappa shape index (κ2) is 9.80. The molecule has 1 aromatic carbocycles. The fourth-order valence-corrected chi connectivity index (χ4v) is 2.93. The van der Waals surface area contributed by atoms with Crippen LogP contribution >= 0.6 is 0 Å². The lowest BCUT2D eigenvalue weighted by atomic mass is 10.0. The lowest BCUT2D eigenvalue weighted by Gasteiger charge is -2.23. The van der Waals surface area contributed by atoms with Gasteiger partial charge in [-0.2, -0.15) is 0 Å². The highest BCUT2D eigenvalue weighted by Crippen LogP contribution is 2.25. The molecule has 0 aliphatic heterocycles. The maximum absolute atomic E-state index is 13.2. The third-order valence-electron chi connectivity index (χ3n) is 4.02. The summed E-state index contributed by atoms with van der Waals surface area (Å²) in [4.78, 5) is 36.5. The molecule has 0 aliphatic carbocycles. The van der Waals surface area contributed by atoms with Gasteiger partial charge in [0.1, 0.15) is 17.1 Å². The van der Waals surface area contributed by atoms with E-state index >= 15 is 0 Å². The molecule has 0 atom stereocenters. The Labute approximate surface area is 160 Å². The number of benzene rings is 1. The molecule has 1 heterocycles. The predicted molar refractivity (Wildman–Crippen MR) is 105 cm³/mol. The maximum Gasteiger partial charge on any atom is 0.342 e. The molecular weight excluding hydrogens is 342 g/mol. The van der Waals surface area contributed by atoms with Crippen molar-refractivity contribution in [1.82, 2.24) is 14.9 Å². The first-order valence-corrected chi connectivity index (χ1v) is 9.43. The molecule has 6 nitrogen and oxygen atoms in total. The normalized spacial score (nSPS) is 10.5. The van der Waals surface area contributed by atoms with Crippen molar-refractivity contribution in [2.24, 2.45) is 0 Å². The van der Waals surface area contributed by atoms with Crippen molar-refractivity contribution in [1.29, 1.82) is 0 Å². The van der Waals surface area contributed by atoms with Crippen molar-refractivity contribution in [2.75, 3.05) is 19.7 Å². The average Bonchev–Trinajstić information content (AvgIpc) is 2.67. The lowest BCUT2D eigenvalue weighted by Crippen LogP contribution is -2.35. The Bertz CT molecular complexity index is 785. The zero-order valence-electron chi connectivity index (χ0n) is 16.5. The molecule has 2 aromatic rings. The van der Waals surface area contributed by atoms with Crippen LogP contribution in [0.5, 0.6) is 0 Å². The Morgan fingerprint density at radius 3 is 2.19 bits per heavy atom. The van der Waals surface area contributed by atoms with E-state index in [1.54, 1.807) is 18.7 Å². The molecule has 1 aromatic heterocycles. The minimum Gasteiger partial charge on any atom is -0.462 e. The lowest BCUT2D eigenvalue weighted by molar-refractivity contribution is 0.0517. The van der Waals surface area contributed by atoms with Crippen LogP contribution in [0.15, 0.2) is 30.3 Å². The van der Waals surface area contributed by atoms with E-state index in [0.29, 0.717) is 24.6 Å². The van der Waals surface area contributed by atoms with Crippen LogP contribution in [0.2, 0.25) is 0 Å². The van der Waals surface area contributed by atoms with Crippen LogP contribution in [0.1, 0.15) is 60.3 Å². The summed E-state index contributed by atoms with van der Waals surface area (Å²) in [7, 11) is 0.